The number of hydrogen-bond acceptors (Lipinski definition) is 4. The average Bonchev–Trinajstić information content (AvgIpc) is 2.77. The zero-order valence-corrected chi connectivity index (χ0v) is 12.7. The van der Waals surface area contributed by atoms with Crippen molar-refractivity contribution < 1.29 is 18.3 Å². The number of nitrogens with one attached hydrogen (secondary N) is 2. The molecule has 0 spiro atoms. The Morgan fingerprint density at radius 3 is 2.60 bits per heavy atom. The van der Waals surface area contributed by atoms with Crippen LogP contribution in [0.15, 0.2) is 12.5 Å². The normalized spacial score (nSPS) is 14.2. The molecule has 1 aromatic heterocycles. The molecule has 1 heterocycles. The third kappa shape index (κ3) is 6.16. The highest BCUT2D eigenvalue weighted by molar-refractivity contribution is 7.89. The Hall–Kier alpha value is -1.41. The quantitative estimate of drug-likeness (QED) is 0.688. The van der Waals surface area contributed by atoms with Crippen LogP contribution in [0.1, 0.15) is 32.9 Å². The first-order valence-electron chi connectivity index (χ1n) is 6.29. The van der Waals surface area contributed by atoms with Gasteiger partial charge in [0.05, 0.1) is 12.1 Å². The molecule has 0 saturated carbocycles. The minimum absolute atomic E-state index is 0.0318. The highest BCUT2D eigenvalue weighted by Gasteiger charge is 2.26. The van der Waals surface area contributed by atoms with Crippen LogP contribution in [0.2, 0.25) is 0 Å². The zero-order chi connectivity index (χ0) is 15.4. The molecule has 114 valence electrons. The summed E-state index contributed by atoms with van der Waals surface area (Å²) in [5.74, 6) is -1.30. The van der Waals surface area contributed by atoms with Crippen molar-refractivity contribution in [1.82, 2.24) is 14.7 Å². The van der Waals surface area contributed by atoms with Gasteiger partial charge in [-0.25, -0.2) is 18.1 Å². The van der Waals surface area contributed by atoms with Crippen molar-refractivity contribution in [3.63, 3.8) is 0 Å². The average molecular weight is 303 g/mol. The molecular formula is C12H21N3O4S. The number of nitrogens with zero attached hydrogens (tertiary/aromatic N) is 1. The lowest BCUT2D eigenvalue weighted by molar-refractivity contribution is -0.138. The Bertz CT molecular complexity index is 532. The van der Waals surface area contributed by atoms with E-state index in [9.17, 15) is 13.2 Å². The van der Waals surface area contributed by atoms with Crippen LogP contribution in [0.4, 0.5) is 0 Å². The van der Waals surface area contributed by atoms with Gasteiger partial charge in [-0.05, 0) is 11.8 Å². The number of hydrogen-bond donors (Lipinski definition) is 3. The number of sulfonamides is 1. The van der Waals surface area contributed by atoms with E-state index in [0.717, 1.165) is 0 Å². The topological polar surface area (TPSA) is 112 Å². The van der Waals surface area contributed by atoms with Crippen LogP contribution < -0.4 is 4.72 Å². The third-order valence-corrected chi connectivity index (χ3v) is 4.10. The number of aromatic nitrogens is 2. The summed E-state index contributed by atoms with van der Waals surface area (Å²) < 4.78 is 26.1. The fourth-order valence-corrected chi connectivity index (χ4v) is 3.13. The molecule has 0 aliphatic heterocycles. The number of carboxylic acid groups (broad SMARTS) is 1. The van der Waals surface area contributed by atoms with Crippen molar-refractivity contribution in [3.8, 4) is 0 Å². The minimum atomic E-state index is -3.63. The molecule has 0 unspecified atom stereocenters. The Morgan fingerprint density at radius 2 is 2.15 bits per heavy atom. The monoisotopic (exact) mass is 303 g/mol. The lowest BCUT2D eigenvalue weighted by atomic mass is 9.94. The predicted octanol–water partition coefficient (Wildman–Crippen LogP) is 0.761. The van der Waals surface area contributed by atoms with Gasteiger partial charge in [-0.1, -0.05) is 20.8 Å². The Kier molecular flexibility index (Phi) is 5.29. The molecule has 0 aromatic carbocycles. The van der Waals surface area contributed by atoms with Crippen molar-refractivity contribution in [2.45, 2.75) is 39.7 Å². The van der Waals surface area contributed by atoms with E-state index in [1.54, 1.807) is 0 Å². The lowest BCUT2D eigenvalue weighted by Crippen LogP contribution is -2.43. The largest absolute Gasteiger partial charge is 0.480 e. The first kappa shape index (κ1) is 16.6. The van der Waals surface area contributed by atoms with E-state index in [1.165, 1.54) is 12.5 Å². The van der Waals surface area contributed by atoms with Crippen LogP contribution in [-0.2, 0) is 21.2 Å². The summed E-state index contributed by atoms with van der Waals surface area (Å²) in [6.07, 6.45) is 3.38. The molecule has 0 aliphatic rings. The van der Waals surface area contributed by atoms with Crippen LogP contribution in [0.25, 0.3) is 0 Å². The summed E-state index contributed by atoms with van der Waals surface area (Å²) in [6, 6.07) is -1.19. The maximum Gasteiger partial charge on any atom is 0.322 e. The Balaban J connectivity index is 2.67. The van der Waals surface area contributed by atoms with E-state index >= 15 is 0 Å². The summed E-state index contributed by atoms with van der Waals surface area (Å²) in [4.78, 5) is 17.7. The number of aliphatic carboxylic acids is 1. The molecule has 3 N–H and O–H groups in total. The van der Waals surface area contributed by atoms with Gasteiger partial charge in [-0.15, -0.1) is 0 Å². The number of aromatic amines is 1. The fourth-order valence-electron chi connectivity index (χ4n) is 1.51. The van der Waals surface area contributed by atoms with Gasteiger partial charge in [0.25, 0.3) is 0 Å². The van der Waals surface area contributed by atoms with Gasteiger partial charge in [-0.2, -0.15) is 0 Å². The van der Waals surface area contributed by atoms with Crippen LogP contribution in [0.3, 0.4) is 0 Å². The number of H-pyrrole nitrogens is 1. The molecule has 0 bridgehead atoms. The number of imidazole rings is 1. The predicted molar refractivity (Wildman–Crippen MR) is 74.7 cm³/mol. The SMILES string of the molecule is CC(C)(C)CCS(=O)(=O)N[C@@H](Cc1cnc[nH]1)C(=O)O. The van der Waals surface area contributed by atoms with E-state index in [4.69, 9.17) is 5.11 Å². The summed E-state index contributed by atoms with van der Waals surface area (Å²) in [5, 5.41) is 9.10. The Labute approximate surface area is 118 Å². The van der Waals surface area contributed by atoms with Gasteiger partial charge in [0.15, 0.2) is 0 Å². The van der Waals surface area contributed by atoms with E-state index < -0.39 is 22.0 Å². The molecule has 7 nitrogen and oxygen atoms in total. The number of carboxylic acids is 1. The van der Waals surface area contributed by atoms with Crippen LogP contribution in [0, 0.1) is 5.41 Å². The van der Waals surface area contributed by atoms with E-state index in [0.29, 0.717) is 12.1 Å². The number of rotatable bonds is 7. The zero-order valence-electron chi connectivity index (χ0n) is 11.9. The smallest absolute Gasteiger partial charge is 0.322 e. The standard InChI is InChI=1S/C12H21N3O4S/c1-12(2,3)4-5-20(18,19)15-10(11(16)17)6-9-7-13-8-14-9/h7-8,10,15H,4-6H2,1-3H3,(H,13,14)(H,16,17)/t10-/m0/s1. The van der Waals surface area contributed by atoms with Crippen molar-refractivity contribution in [3.05, 3.63) is 18.2 Å². The van der Waals surface area contributed by atoms with Crippen LogP contribution in [-0.4, -0.2) is 41.3 Å². The van der Waals surface area contributed by atoms with Crippen molar-refractivity contribution in [2.75, 3.05) is 5.75 Å². The summed E-state index contributed by atoms with van der Waals surface area (Å²) in [6.45, 7) is 5.80. The van der Waals surface area contributed by atoms with Crippen molar-refractivity contribution in [2.24, 2.45) is 5.41 Å². The van der Waals surface area contributed by atoms with E-state index in [-0.39, 0.29) is 17.6 Å². The van der Waals surface area contributed by atoms with E-state index in [2.05, 4.69) is 14.7 Å². The lowest BCUT2D eigenvalue weighted by Gasteiger charge is -2.19. The molecule has 0 saturated heterocycles. The van der Waals surface area contributed by atoms with Crippen LogP contribution >= 0.6 is 0 Å². The van der Waals surface area contributed by atoms with E-state index in [1.807, 2.05) is 20.8 Å². The highest BCUT2D eigenvalue weighted by Crippen LogP contribution is 2.19. The van der Waals surface area contributed by atoms with Gasteiger partial charge in [-0.3, -0.25) is 4.79 Å². The van der Waals surface area contributed by atoms with Gasteiger partial charge < -0.3 is 10.1 Å². The fraction of sp³-hybridized carbons (Fsp3) is 0.667. The summed E-state index contributed by atoms with van der Waals surface area (Å²) in [7, 11) is -3.63. The molecule has 0 radical (unpaired) electrons. The second-order valence-corrected chi connectivity index (χ2v) is 7.79. The molecule has 1 rings (SSSR count). The minimum Gasteiger partial charge on any atom is -0.480 e. The summed E-state index contributed by atoms with van der Waals surface area (Å²) in [5.41, 5.74) is 0.438. The highest BCUT2D eigenvalue weighted by atomic mass is 32.2. The molecule has 0 fully saturated rings. The maximum absolute atomic E-state index is 11.9. The van der Waals surface area contributed by atoms with Crippen molar-refractivity contribution in [1.29, 1.82) is 0 Å². The van der Waals surface area contributed by atoms with Crippen LogP contribution in [0.5, 0.6) is 0 Å². The molecule has 0 aliphatic carbocycles. The first-order valence-corrected chi connectivity index (χ1v) is 7.94. The van der Waals surface area contributed by atoms with Gasteiger partial charge in [0.2, 0.25) is 10.0 Å². The Morgan fingerprint density at radius 1 is 1.50 bits per heavy atom. The molecule has 1 atom stereocenters. The van der Waals surface area contributed by atoms with Gasteiger partial charge in [0, 0.05) is 18.3 Å². The van der Waals surface area contributed by atoms with Crippen molar-refractivity contribution >= 4 is 16.0 Å². The summed E-state index contributed by atoms with van der Waals surface area (Å²) >= 11 is 0. The molecule has 0 amide bonds. The second kappa shape index (κ2) is 6.36. The number of carbonyl (C=O) groups is 1. The second-order valence-electron chi connectivity index (χ2n) is 5.92. The third-order valence-electron chi connectivity index (χ3n) is 2.72. The van der Waals surface area contributed by atoms with Gasteiger partial charge >= 0.3 is 5.97 Å². The van der Waals surface area contributed by atoms with Gasteiger partial charge in [0.1, 0.15) is 6.04 Å². The molecule has 20 heavy (non-hydrogen) atoms. The molecular weight excluding hydrogens is 282 g/mol. The molecule has 8 heteroatoms. The first-order chi connectivity index (χ1) is 9.09. The molecule has 1 aromatic rings. The maximum atomic E-state index is 11.9.